The van der Waals surface area contributed by atoms with E-state index in [1.165, 1.54) is 0 Å². The molecule has 2 aromatic carbocycles. The molecule has 0 saturated heterocycles. The number of carbonyl (C=O) groups excluding carboxylic acids is 1. The standard InChI is InChI=1S/C25H30N4O3/c1-19(26-2)8-10-21-11-9-20(18-29-14-5-12-28-29)16-24(21)32-15-13-27-25(30)22-6-4-7-23(17-22)31-3/h4-7,9,11-12,14,16-17,26H,1,8,10,13,15,18H2,2-3H3,(H,27,30). The number of ether oxygens (including phenoxy) is 2. The van der Waals surface area contributed by atoms with E-state index in [1.54, 1.807) is 37.6 Å². The van der Waals surface area contributed by atoms with Gasteiger partial charge in [-0.2, -0.15) is 5.10 Å². The molecule has 168 valence electrons. The summed E-state index contributed by atoms with van der Waals surface area (Å²) in [5.41, 5.74) is 3.73. The maximum atomic E-state index is 12.4. The molecule has 7 heteroatoms. The van der Waals surface area contributed by atoms with Gasteiger partial charge in [-0.25, -0.2) is 0 Å². The van der Waals surface area contributed by atoms with Crippen molar-refractivity contribution in [1.82, 2.24) is 20.4 Å². The summed E-state index contributed by atoms with van der Waals surface area (Å²) in [6.45, 7) is 5.42. The number of benzene rings is 2. The predicted molar refractivity (Wildman–Crippen MR) is 125 cm³/mol. The Bertz CT molecular complexity index is 1030. The smallest absolute Gasteiger partial charge is 0.251 e. The van der Waals surface area contributed by atoms with Crippen molar-refractivity contribution in [3.8, 4) is 11.5 Å². The van der Waals surface area contributed by atoms with Gasteiger partial charge in [0.05, 0.1) is 20.2 Å². The zero-order chi connectivity index (χ0) is 22.8. The van der Waals surface area contributed by atoms with Gasteiger partial charge in [-0.3, -0.25) is 9.48 Å². The minimum atomic E-state index is -0.162. The third-order valence-electron chi connectivity index (χ3n) is 5.06. The van der Waals surface area contributed by atoms with Crippen LogP contribution in [0.2, 0.25) is 0 Å². The number of rotatable bonds is 12. The fraction of sp³-hybridized carbons (Fsp3) is 0.280. The SMILES string of the molecule is C=C(CCc1ccc(Cn2cccn2)cc1OCCNC(=O)c1cccc(OC)c1)NC. The zero-order valence-corrected chi connectivity index (χ0v) is 18.6. The number of allylic oxidation sites excluding steroid dienone is 1. The van der Waals surface area contributed by atoms with Gasteiger partial charge in [-0.15, -0.1) is 0 Å². The summed E-state index contributed by atoms with van der Waals surface area (Å²) >= 11 is 0. The predicted octanol–water partition coefficient (Wildman–Crippen LogP) is 3.41. The Labute approximate surface area is 189 Å². The third-order valence-corrected chi connectivity index (χ3v) is 5.06. The lowest BCUT2D eigenvalue weighted by Crippen LogP contribution is -2.28. The van der Waals surface area contributed by atoms with Crippen LogP contribution >= 0.6 is 0 Å². The highest BCUT2D eigenvalue weighted by molar-refractivity contribution is 5.94. The molecule has 1 heterocycles. The molecule has 1 amide bonds. The largest absolute Gasteiger partial charge is 0.497 e. The number of nitrogens with one attached hydrogen (secondary N) is 2. The molecule has 0 atom stereocenters. The van der Waals surface area contributed by atoms with Gasteiger partial charge in [0.1, 0.15) is 18.1 Å². The summed E-state index contributed by atoms with van der Waals surface area (Å²) in [6, 6.07) is 15.2. The topological polar surface area (TPSA) is 77.4 Å². The summed E-state index contributed by atoms with van der Waals surface area (Å²) in [5.74, 6) is 1.30. The van der Waals surface area contributed by atoms with Crippen LogP contribution in [0.3, 0.4) is 0 Å². The van der Waals surface area contributed by atoms with Gasteiger partial charge in [0.15, 0.2) is 0 Å². The van der Waals surface area contributed by atoms with E-state index in [2.05, 4.69) is 34.4 Å². The van der Waals surface area contributed by atoms with Crippen molar-refractivity contribution in [2.75, 3.05) is 27.3 Å². The van der Waals surface area contributed by atoms with Gasteiger partial charge in [0, 0.05) is 30.7 Å². The Kier molecular flexibility index (Phi) is 8.31. The van der Waals surface area contributed by atoms with Crippen LogP contribution < -0.4 is 20.1 Å². The van der Waals surface area contributed by atoms with E-state index in [-0.39, 0.29) is 5.91 Å². The average Bonchev–Trinajstić information content (AvgIpc) is 3.33. The van der Waals surface area contributed by atoms with E-state index < -0.39 is 0 Å². The number of methoxy groups -OCH3 is 1. The van der Waals surface area contributed by atoms with Crippen LogP contribution in [0.4, 0.5) is 0 Å². The van der Waals surface area contributed by atoms with Crippen molar-refractivity contribution in [3.63, 3.8) is 0 Å². The summed E-state index contributed by atoms with van der Waals surface area (Å²) in [7, 11) is 3.45. The Morgan fingerprint density at radius 1 is 1.19 bits per heavy atom. The molecule has 0 unspecified atom stereocenters. The Hall–Kier alpha value is -3.74. The maximum absolute atomic E-state index is 12.4. The first-order valence-corrected chi connectivity index (χ1v) is 10.6. The van der Waals surface area contributed by atoms with E-state index in [1.807, 2.05) is 30.1 Å². The quantitative estimate of drug-likeness (QED) is 0.427. The summed E-state index contributed by atoms with van der Waals surface area (Å²) in [6.07, 6.45) is 5.32. The molecule has 0 aliphatic heterocycles. The van der Waals surface area contributed by atoms with E-state index in [0.717, 1.165) is 35.4 Å². The fourth-order valence-electron chi connectivity index (χ4n) is 3.22. The molecule has 2 N–H and O–H groups in total. The highest BCUT2D eigenvalue weighted by atomic mass is 16.5. The molecular formula is C25H30N4O3. The Balaban J connectivity index is 1.61. The molecule has 0 radical (unpaired) electrons. The van der Waals surface area contributed by atoms with Crippen molar-refractivity contribution >= 4 is 5.91 Å². The second-order valence-electron chi connectivity index (χ2n) is 7.34. The molecule has 0 fully saturated rings. The van der Waals surface area contributed by atoms with Crippen LogP contribution in [0.5, 0.6) is 11.5 Å². The van der Waals surface area contributed by atoms with Gasteiger partial charge in [-0.05, 0) is 54.3 Å². The van der Waals surface area contributed by atoms with Crippen LogP contribution in [-0.4, -0.2) is 43.0 Å². The van der Waals surface area contributed by atoms with Gasteiger partial charge < -0.3 is 20.1 Å². The normalized spacial score (nSPS) is 10.4. The highest BCUT2D eigenvalue weighted by Crippen LogP contribution is 2.23. The number of aromatic nitrogens is 2. The van der Waals surface area contributed by atoms with Gasteiger partial charge in [0.25, 0.3) is 5.91 Å². The van der Waals surface area contributed by atoms with Crippen LogP contribution in [0.25, 0.3) is 0 Å². The lowest BCUT2D eigenvalue weighted by atomic mass is 10.0. The van der Waals surface area contributed by atoms with Gasteiger partial charge >= 0.3 is 0 Å². The Morgan fingerprint density at radius 2 is 2.06 bits per heavy atom. The molecule has 32 heavy (non-hydrogen) atoms. The van der Waals surface area contributed by atoms with Crippen molar-refractivity contribution in [2.45, 2.75) is 19.4 Å². The first kappa shape index (κ1) is 22.9. The second kappa shape index (κ2) is 11.6. The number of hydrogen-bond acceptors (Lipinski definition) is 5. The minimum absolute atomic E-state index is 0.162. The molecule has 0 bridgehead atoms. The van der Waals surface area contributed by atoms with Crippen LogP contribution in [0, 0.1) is 0 Å². The molecule has 1 aromatic heterocycles. The molecule has 3 rings (SSSR count). The van der Waals surface area contributed by atoms with Crippen molar-refractivity contribution in [3.05, 3.63) is 89.9 Å². The summed E-state index contributed by atoms with van der Waals surface area (Å²) < 4.78 is 13.1. The molecule has 3 aromatic rings. The first-order valence-electron chi connectivity index (χ1n) is 10.6. The van der Waals surface area contributed by atoms with Crippen molar-refractivity contribution < 1.29 is 14.3 Å². The van der Waals surface area contributed by atoms with E-state index >= 15 is 0 Å². The van der Waals surface area contributed by atoms with E-state index in [0.29, 0.717) is 31.0 Å². The van der Waals surface area contributed by atoms with Crippen molar-refractivity contribution in [2.24, 2.45) is 0 Å². The van der Waals surface area contributed by atoms with E-state index in [9.17, 15) is 4.79 Å². The highest BCUT2D eigenvalue weighted by Gasteiger charge is 2.09. The molecule has 0 spiro atoms. The molecule has 0 aliphatic rings. The van der Waals surface area contributed by atoms with Crippen LogP contribution in [0.15, 0.2) is 73.2 Å². The minimum Gasteiger partial charge on any atom is -0.497 e. The fourth-order valence-corrected chi connectivity index (χ4v) is 3.22. The lowest BCUT2D eigenvalue weighted by molar-refractivity contribution is 0.0946. The molecular weight excluding hydrogens is 404 g/mol. The second-order valence-corrected chi connectivity index (χ2v) is 7.34. The van der Waals surface area contributed by atoms with Gasteiger partial charge in [0.2, 0.25) is 0 Å². The summed E-state index contributed by atoms with van der Waals surface area (Å²) in [5, 5.41) is 10.2. The Morgan fingerprint density at radius 3 is 2.81 bits per heavy atom. The van der Waals surface area contributed by atoms with Crippen LogP contribution in [0.1, 0.15) is 27.9 Å². The number of amides is 1. The molecule has 0 saturated carbocycles. The third kappa shape index (κ3) is 6.63. The number of carbonyl (C=O) groups is 1. The maximum Gasteiger partial charge on any atom is 0.251 e. The number of nitrogens with zero attached hydrogens (tertiary/aromatic N) is 2. The lowest BCUT2D eigenvalue weighted by Gasteiger charge is -2.15. The average molecular weight is 435 g/mol. The van der Waals surface area contributed by atoms with Crippen LogP contribution in [-0.2, 0) is 13.0 Å². The van der Waals surface area contributed by atoms with Crippen molar-refractivity contribution in [1.29, 1.82) is 0 Å². The van der Waals surface area contributed by atoms with E-state index in [4.69, 9.17) is 9.47 Å². The monoisotopic (exact) mass is 434 g/mol. The van der Waals surface area contributed by atoms with Gasteiger partial charge in [-0.1, -0.05) is 24.8 Å². The molecule has 7 nitrogen and oxygen atoms in total. The first-order chi connectivity index (χ1) is 15.6. The summed E-state index contributed by atoms with van der Waals surface area (Å²) in [4.78, 5) is 12.4. The molecule has 0 aliphatic carbocycles. The number of aryl methyl sites for hydroxylation is 1. The zero-order valence-electron chi connectivity index (χ0n) is 18.6. The number of hydrogen-bond donors (Lipinski definition) is 2.